The molecule has 1 saturated heterocycles. The normalized spacial score (nSPS) is 36.9. The molecule has 2 heteroatoms. The molecule has 0 aromatic rings. The van der Waals surface area contributed by atoms with Crippen LogP contribution in [0, 0.1) is 17.3 Å². The summed E-state index contributed by atoms with van der Waals surface area (Å²) in [5, 5.41) is 0. The highest BCUT2D eigenvalue weighted by atomic mass is 15.2. The van der Waals surface area contributed by atoms with Crippen molar-refractivity contribution < 1.29 is 0 Å². The molecule has 0 spiro atoms. The molecule has 19 heavy (non-hydrogen) atoms. The minimum Gasteiger partial charge on any atom is -0.330 e. The van der Waals surface area contributed by atoms with E-state index in [9.17, 15) is 0 Å². The van der Waals surface area contributed by atoms with E-state index in [0.29, 0.717) is 5.41 Å². The fourth-order valence-electron chi connectivity index (χ4n) is 4.16. The quantitative estimate of drug-likeness (QED) is 0.845. The Kier molecular flexibility index (Phi) is 5.30. The summed E-state index contributed by atoms with van der Waals surface area (Å²) in [6.45, 7) is 10.7. The Morgan fingerprint density at radius 1 is 1.16 bits per heavy atom. The first-order valence-electron chi connectivity index (χ1n) is 8.50. The van der Waals surface area contributed by atoms with Crippen molar-refractivity contribution in [3.8, 4) is 0 Å². The molecule has 2 nitrogen and oxygen atoms in total. The van der Waals surface area contributed by atoms with E-state index in [-0.39, 0.29) is 0 Å². The average molecular weight is 266 g/mol. The number of rotatable bonds is 3. The van der Waals surface area contributed by atoms with Crippen LogP contribution in [-0.4, -0.2) is 30.6 Å². The van der Waals surface area contributed by atoms with E-state index in [1.54, 1.807) is 0 Å². The Balaban J connectivity index is 2.00. The molecule has 1 saturated carbocycles. The van der Waals surface area contributed by atoms with Gasteiger partial charge in [0, 0.05) is 6.04 Å². The Bertz CT molecular complexity index is 274. The first-order valence-corrected chi connectivity index (χ1v) is 8.50. The topological polar surface area (TPSA) is 29.3 Å². The summed E-state index contributed by atoms with van der Waals surface area (Å²) in [6.07, 6.45) is 9.65. The van der Waals surface area contributed by atoms with Crippen LogP contribution in [0.15, 0.2) is 0 Å². The average Bonchev–Trinajstić information content (AvgIpc) is 2.59. The first-order chi connectivity index (χ1) is 9.05. The second-order valence-corrected chi connectivity index (χ2v) is 7.70. The Morgan fingerprint density at radius 2 is 1.95 bits per heavy atom. The number of hydrogen-bond acceptors (Lipinski definition) is 2. The summed E-state index contributed by atoms with van der Waals surface area (Å²) in [5.41, 5.74) is 6.60. The van der Waals surface area contributed by atoms with Crippen molar-refractivity contribution in [1.29, 1.82) is 0 Å². The molecule has 3 unspecified atom stereocenters. The Labute approximate surface area is 120 Å². The van der Waals surface area contributed by atoms with Crippen LogP contribution in [-0.2, 0) is 0 Å². The van der Waals surface area contributed by atoms with Gasteiger partial charge in [0.1, 0.15) is 0 Å². The maximum absolute atomic E-state index is 6.05. The number of nitrogens with two attached hydrogens (primary N) is 1. The van der Waals surface area contributed by atoms with Gasteiger partial charge >= 0.3 is 0 Å². The highest BCUT2D eigenvalue weighted by Gasteiger charge is 2.34. The van der Waals surface area contributed by atoms with Crippen molar-refractivity contribution in [2.45, 2.75) is 71.8 Å². The van der Waals surface area contributed by atoms with Crippen molar-refractivity contribution in [2.24, 2.45) is 23.0 Å². The molecule has 2 N–H and O–H groups in total. The van der Waals surface area contributed by atoms with Crippen LogP contribution in [0.3, 0.4) is 0 Å². The van der Waals surface area contributed by atoms with Gasteiger partial charge in [0.25, 0.3) is 0 Å². The molecule has 0 radical (unpaired) electrons. The fourth-order valence-corrected chi connectivity index (χ4v) is 4.16. The third-order valence-corrected chi connectivity index (χ3v) is 5.79. The van der Waals surface area contributed by atoms with Crippen molar-refractivity contribution in [2.75, 3.05) is 19.6 Å². The molecule has 1 aliphatic heterocycles. The number of nitrogens with zero attached hydrogens (tertiary/aromatic N) is 1. The van der Waals surface area contributed by atoms with Gasteiger partial charge in [-0.3, -0.25) is 0 Å². The zero-order valence-electron chi connectivity index (χ0n) is 13.3. The maximum Gasteiger partial charge on any atom is 0.0138 e. The molecular formula is C17H34N2. The summed E-state index contributed by atoms with van der Waals surface area (Å²) in [5.74, 6) is 1.70. The standard InChI is InChI=1S/C17H34N2/c1-4-14-6-7-15(13-18)16(12-14)19-10-5-8-17(2,3)9-11-19/h14-16H,4-13,18H2,1-3H3. The van der Waals surface area contributed by atoms with Crippen LogP contribution in [0.2, 0.25) is 0 Å². The fraction of sp³-hybridized carbons (Fsp3) is 1.00. The van der Waals surface area contributed by atoms with Gasteiger partial charge in [-0.2, -0.15) is 0 Å². The van der Waals surface area contributed by atoms with Crippen LogP contribution >= 0.6 is 0 Å². The van der Waals surface area contributed by atoms with Gasteiger partial charge < -0.3 is 10.6 Å². The first kappa shape index (κ1) is 15.3. The van der Waals surface area contributed by atoms with Crippen molar-refractivity contribution in [3.63, 3.8) is 0 Å². The molecule has 112 valence electrons. The van der Waals surface area contributed by atoms with E-state index in [4.69, 9.17) is 5.73 Å². The van der Waals surface area contributed by atoms with E-state index < -0.39 is 0 Å². The Morgan fingerprint density at radius 3 is 2.63 bits per heavy atom. The molecule has 0 bridgehead atoms. The molecule has 0 aromatic carbocycles. The van der Waals surface area contributed by atoms with Crippen molar-refractivity contribution in [1.82, 2.24) is 4.90 Å². The molecule has 3 atom stereocenters. The molecule has 1 aliphatic carbocycles. The van der Waals surface area contributed by atoms with E-state index in [0.717, 1.165) is 24.4 Å². The minimum atomic E-state index is 0.547. The minimum absolute atomic E-state index is 0.547. The zero-order valence-corrected chi connectivity index (χ0v) is 13.3. The second-order valence-electron chi connectivity index (χ2n) is 7.70. The van der Waals surface area contributed by atoms with Crippen LogP contribution in [0.5, 0.6) is 0 Å². The van der Waals surface area contributed by atoms with E-state index >= 15 is 0 Å². The summed E-state index contributed by atoms with van der Waals surface area (Å²) in [6, 6.07) is 0.776. The van der Waals surface area contributed by atoms with Gasteiger partial charge in [0.2, 0.25) is 0 Å². The predicted octanol–water partition coefficient (Wildman–Crippen LogP) is 3.65. The third-order valence-electron chi connectivity index (χ3n) is 5.79. The van der Waals surface area contributed by atoms with Crippen molar-refractivity contribution >= 4 is 0 Å². The highest BCUT2D eigenvalue weighted by molar-refractivity contribution is 4.89. The highest BCUT2D eigenvalue weighted by Crippen LogP contribution is 2.37. The molecule has 0 aromatic heterocycles. The SMILES string of the molecule is CCC1CCC(CN)C(N2CCCC(C)(C)CC2)C1. The lowest BCUT2D eigenvalue weighted by Crippen LogP contribution is -2.47. The van der Waals surface area contributed by atoms with Crippen LogP contribution in [0.4, 0.5) is 0 Å². The van der Waals surface area contributed by atoms with Crippen LogP contribution in [0.25, 0.3) is 0 Å². The van der Waals surface area contributed by atoms with Gasteiger partial charge in [0.05, 0.1) is 0 Å². The lowest BCUT2D eigenvalue weighted by atomic mass is 9.76. The van der Waals surface area contributed by atoms with Gasteiger partial charge in [-0.15, -0.1) is 0 Å². The van der Waals surface area contributed by atoms with Gasteiger partial charge in [-0.1, -0.05) is 33.6 Å². The molecular weight excluding hydrogens is 232 g/mol. The van der Waals surface area contributed by atoms with Gasteiger partial charge in [-0.25, -0.2) is 0 Å². The van der Waals surface area contributed by atoms with Crippen LogP contribution in [0.1, 0.15) is 65.7 Å². The number of hydrogen-bond donors (Lipinski definition) is 1. The van der Waals surface area contributed by atoms with E-state index in [1.165, 1.54) is 58.0 Å². The second kappa shape index (κ2) is 6.58. The number of likely N-dealkylation sites (tertiary alicyclic amines) is 1. The van der Waals surface area contributed by atoms with Gasteiger partial charge in [-0.05, 0) is 69.0 Å². The van der Waals surface area contributed by atoms with E-state index in [2.05, 4.69) is 25.7 Å². The van der Waals surface area contributed by atoms with Crippen LogP contribution < -0.4 is 5.73 Å². The molecule has 1 heterocycles. The monoisotopic (exact) mass is 266 g/mol. The third kappa shape index (κ3) is 3.95. The largest absolute Gasteiger partial charge is 0.330 e. The molecule has 2 fully saturated rings. The summed E-state index contributed by atoms with van der Waals surface area (Å²) < 4.78 is 0. The van der Waals surface area contributed by atoms with E-state index in [1.807, 2.05) is 0 Å². The predicted molar refractivity (Wildman–Crippen MR) is 83.2 cm³/mol. The zero-order chi connectivity index (χ0) is 13.9. The molecule has 2 aliphatic rings. The lowest BCUT2D eigenvalue weighted by molar-refractivity contribution is 0.0808. The smallest absolute Gasteiger partial charge is 0.0138 e. The summed E-state index contributed by atoms with van der Waals surface area (Å²) in [4.78, 5) is 2.80. The maximum atomic E-state index is 6.05. The van der Waals surface area contributed by atoms with Gasteiger partial charge in [0.15, 0.2) is 0 Å². The summed E-state index contributed by atoms with van der Waals surface area (Å²) in [7, 11) is 0. The molecule has 2 rings (SSSR count). The lowest BCUT2D eigenvalue weighted by Gasteiger charge is -2.42. The van der Waals surface area contributed by atoms with Crippen molar-refractivity contribution in [3.05, 3.63) is 0 Å². The molecule has 0 amide bonds. The Hall–Kier alpha value is -0.0800. The summed E-state index contributed by atoms with van der Waals surface area (Å²) >= 11 is 0.